The number of carbonyl (C=O) groups is 1. The Kier molecular flexibility index (Phi) is 6.79. The van der Waals surface area contributed by atoms with Crippen molar-refractivity contribution in [3.05, 3.63) is 143 Å². The fourth-order valence-corrected chi connectivity index (χ4v) is 5.96. The van der Waals surface area contributed by atoms with Crippen LogP contribution in [0.25, 0.3) is 11.6 Å². The lowest BCUT2D eigenvalue weighted by Crippen LogP contribution is -2.38. The van der Waals surface area contributed by atoms with Gasteiger partial charge in [0.25, 0.3) is 0 Å². The van der Waals surface area contributed by atoms with Crippen LogP contribution in [0.15, 0.2) is 115 Å². The minimum atomic E-state index is 0.0201. The molecule has 0 spiro atoms. The quantitative estimate of drug-likeness (QED) is 0.209. The fraction of sp³-hybridized carbons (Fsp3) is 0.194. The largest absolute Gasteiger partial charge is 0.334 e. The van der Waals surface area contributed by atoms with Gasteiger partial charge in [-0.2, -0.15) is 0 Å². The number of benzene rings is 4. The summed E-state index contributed by atoms with van der Waals surface area (Å²) in [6.07, 6.45) is 10.4. The molecule has 0 amide bonds. The molecule has 1 heterocycles. The highest BCUT2D eigenvalue weighted by Crippen LogP contribution is 2.40. The van der Waals surface area contributed by atoms with Crippen LogP contribution in [-0.2, 0) is 11.2 Å². The van der Waals surface area contributed by atoms with E-state index < -0.39 is 0 Å². The lowest BCUT2D eigenvalue weighted by atomic mass is 9.89. The maximum Gasteiger partial charge on any atom is 0.142 e. The van der Waals surface area contributed by atoms with E-state index in [9.17, 15) is 4.79 Å². The summed E-state index contributed by atoms with van der Waals surface area (Å²) < 4.78 is 0. The minimum absolute atomic E-state index is 0.0201. The number of nitrogens with zero attached hydrogens (tertiary/aromatic N) is 1. The maximum atomic E-state index is 13.3. The van der Waals surface area contributed by atoms with E-state index in [1.54, 1.807) is 0 Å². The fourth-order valence-electron chi connectivity index (χ4n) is 5.96. The average Bonchev–Trinajstić information content (AvgIpc) is 3.25. The molecule has 38 heavy (non-hydrogen) atoms. The number of para-hydroxylation sites is 1. The molecule has 1 aliphatic carbocycles. The van der Waals surface area contributed by atoms with Crippen LogP contribution in [0.1, 0.15) is 47.1 Å². The molecular formula is C36H33NO. The zero-order valence-corrected chi connectivity index (χ0v) is 21.9. The third-order valence-corrected chi connectivity index (χ3v) is 7.86. The first-order valence-electron chi connectivity index (χ1n) is 13.7. The summed E-state index contributed by atoms with van der Waals surface area (Å²) in [6, 6.07) is 36.6. The Labute approximate surface area is 226 Å². The molecule has 0 fully saturated rings. The van der Waals surface area contributed by atoms with Gasteiger partial charge in [-0.25, -0.2) is 0 Å². The average molecular weight is 496 g/mol. The third-order valence-electron chi connectivity index (χ3n) is 7.86. The Morgan fingerprint density at radius 2 is 1.61 bits per heavy atom. The number of aryl methyl sites for hydroxylation is 1. The zero-order chi connectivity index (χ0) is 25.9. The molecule has 1 aliphatic heterocycles. The number of Topliss-reactive ketones (excluding diaryl/α,β-unsaturated/α-hetero) is 1. The number of carbonyl (C=O) groups excluding carboxylic acids is 1. The van der Waals surface area contributed by atoms with Crippen LogP contribution in [0.3, 0.4) is 0 Å². The summed E-state index contributed by atoms with van der Waals surface area (Å²) in [6.45, 7) is 2.14. The van der Waals surface area contributed by atoms with Gasteiger partial charge in [0.05, 0.1) is 6.04 Å². The molecular weight excluding hydrogens is 462 g/mol. The van der Waals surface area contributed by atoms with E-state index in [2.05, 4.69) is 127 Å². The SMILES string of the molecule is Cc1cccc(/C(=C\c2ccc(N3c4ccccc4CC(=O)C4CCCC=CC43)cc2)c2ccccc2)c1. The van der Waals surface area contributed by atoms with E-state index in [1.165, 1.54) is 22.3 Å². The highest BCUT2D eigenvalue weighted by molar-refractivity contribution is 5.92. The molecule has 2 nitrogen and oxygen atoms in total. The number of ketones is 1. The van der Waals surface area contributed by atoms with Gasteiger partial charge in [0, 0.05) is 23.7 Å². The number of anilines is 2. The molecule has 188 valence electrons. The highest BCUT2D eigenvalue weighted by atomic mass is 16.1. The lowest BCUT2D eigenvalue weighted by Gasteiger charge is -2.34. The molecule has 2 unspecified atom stereocenters. The molecule has 2 aliphatic rings. The Bertz CT molecular complexity index is 1500. The van der Waals surface area contributed by atoms with Crippen LogP contribution in [0.4, 0.5) is 11.4 Å². The molecule has 0 aromatic heterocycles. The molecule has 4 aromatic carbocycles. The summed E-state index contributed by atoms with van der Waals surface area (Å²) in [7, 11) is 0. The predicted octanol–water partition coefficient (Wildman–Crippen LogP) is 8.57. The van der Waals surface area contributed by atoms with E-state index in [-0.39, 0.29) is 12.0 Å². The Balaban J connectivity index is 1.42. The minimum Gasteiger partial charge on any atom is -0.334 e. The van der Waals surface area contributed by atoms with Crippen LogP contribution in [0, 0.1) is 12.8 Å². The van der Waals surface area contributed by atoms with Gasteiger partial charge in [-0.3, -0.25) is 4.79 Å². The van der Waals surface area contributed by atoms with Crippen molar-refractivity contribution in [1.29, 1.82) is 0 Å². The molecule has 0 N–H and O–H groups in total. The van der Waals surface area contributed by atoms with Gasteiger partial charge in [0.2, 0.25) is 0 Å². The van der Waals surface area contributed by atoms with Gasteiger partial charge in [0.1, 0.15) is 5.78 Å². The summed E-state index contributed by atoms with van der Waals surface area (Å²) in [5.41, 5.74) is 9.42. The maximum absolute atomic E-state index is 13.3. The number of allylic oxidation sites excluding steroid dienone is 1. The topological polar surface area (TPSA) is 20.3 Å². The van der Waals surface area contributed by atoms with Crippen molar-refractivity contribution in [2.24, 2.45) is 5.92 Å². The first kappa shape index (κ1) is 24.2. The number of hydrogen-bond donors (Lipinski definition) is 0. The van der Waals surface area contributed by atoms with Crippen molar-refractivity contribution in [2.75, 3.05) is 4.90 Å². The van der Waals surface area contributed by atoms with Crippen molar-refractivity contribution in [1.82, 2.24) is 0 Å². The number of fused-ring (bicyclic) bond motifs is 2. The molecule has 4 aromatic rings. The standard InChI is InChI=1S/C36H33NO/c1-26-11-10-15-29(23-26)33(28-12-4-2-5-13-28)24-27-19-21-31(22-20-27)37-34-17-9-8-14-30(34)25-36(38)32-16-6-3-7-18-35(32)37/h2,4-5,7-15,17-24,32,35H,3,6,16,25H2,1H3/b33-24-. The van der Waals surface area contributed by atoms with E-state index in [0.29, 0.717) is 12.2 Å². The normalized spacial score (nSPS) is 19.3. The molecule has 2 atom stereocenters. The first-order chi connectivity index (χ1) is 18.7. The van der Waals surface area contributed by atoms with E-state index >= 15 is 0 Å². The second-order valence-corrected chi connectivity index (χ2v) is 10.5. The number of hydrogen-bond acceptors (Lipinski definition) is 2. The van der Waals surface area contributed by atoms with Gasteiger partial charge in [-0.1, -0.05) is 103 Å². The second-order valence-electron chi connectivity index (χ2n) is 10.5. The summed E-state index contributed by atoms with van der Waals surface area (Å²) in [5.74, 6) is 0.383. The van der Waals surface area contributed by atoms with Crippen LogP contribution in [0.5, 0.6) is 0 Å². The van der Waals surface area contributed by atoms with E-state index in [0.717, 1.165) is 41.8 Å². The van der Waals surface area contributed by atoms with Crippen molar-refractivity contribution in [2.45, 2.75) is 38.6 Å². The molecule has 2 heteroatoms. The molecule has 0 radical (unpaired) electrons. The predicted molar refractivity (Wildman–Crippen MR) is 159 cm³/mol. The van der Waals surface area contributed by atoms with Gasteiger partial charge in [0.15, 0.2) is 0 Å². The van der Waals surface area contributed by atoms with Crippen molar-refractivity contribution in [3.8, 4) is 0 Å². The van der Waals surface area contributed by atoms with Crippen LogP contribution in [-0.4, -0.2) is 11.8 Å². The Morgan fingerprint density at radius 3 is 2.42 bits per heavy atom. The smallest absolute Gasteiger partial charge is 0.142 e. The molecule has 0 saturated carbocycles. The lowest BCUT2D eigenvalue weighted by molar-refractivity contribution is -0.122. The van der Waals surface area contributed by atoms with Crippen LogP contribution >= 0.6 is 0 Å². The van der Waals surface area contributed by atoms with Crippen molar-refractivity contribution >= 4 is 28.8 Å². The molecule has 6 rings (SSSR count). The van der Waals surface area contributed by atoms with Crippen LogP contribution in [0.2, 0.25) is 0 Å². The third kappa shape index (κ3) is 4.87. The zero-order valence-electron chi connectivity index (χ0n) is 21.9. The van der Waals surface area contributed by atoms with E-state index in [1.807, 2.05) is 6.07 Å². The monoisotopic (exact) mass is 495 g/mol. The second kappa shape index (κ2) is 10.7. The summed E-state index contributed by atoms with van der Waals surface area (Å²) in [5, 5.41) is 0. The molecule has 0 saturated heterocycles. The number of rotatable bonds is 4. The summed E-state index contributed by atoms with van der Waals surface area (Å²) in [4.78, 5) is 15.7. The molecule has 0 bridgehead atoms. The van der Waals surface area contributed by atoms with Crippen molar-refractivity contribution in [3.63, 3.8) is 0 Å². The van der Waals surface area contributed by atoms with Crippen LogP contribution < -0.4 is 4.90 Å². The van der Waals surface area contributed by atoms with Gasteiger partial charge < -0.3 is 4.90 Å². The van der Waals surface area contributed by atoms with E-state index in [4.69, 9.17) is 0 Å². The Morgan fingerprint density at radius 1 is 0.842 bits per heavy atom. The van der Waals surface area contributed by atoms with Gasteiger partial charge in [-0.15, -0.1) is 0 Å². The summed E-state index contributed by atoms with van der Waals surface area (Å²) >= 11 is 0. The van der Waals surface area contributed by atoms with Gasteiger partial charge in [-0.05, 0) is 78.3 Å². The van der Waals surface area contributed by atoms with Crippen molar-refractivity contribution < 1.29 is 4.79 Å². The first-order valence-corrected chi connectivity index (χ1v) is 13.7. The van der Waals surface area contributed by atoms with Gasteiger partial charge >= 0.3 is 0 Å². The Hall–Kier alpha value is -4.17. The highest BCUT2D eigenvalue weighted by Gasteiger charge is 2.36.